The second kappa shape index (κ2) is 3.87. The van der Waals surface area contributed by atoms with Gasteiger partial charge >= 0.3 is 0 Å². The van der Waals surface area contributed by atoms with E-state index in [0.29, 0.717) is 5.56 Å². The highest BCUT2D eigenvalue weighted by Gasteiger charge is 2.31. The first kappa shape index (κ1) is 10.8. The summed E-state index contributed by atoms with van der Waals surface area (Å²) in [6, 6.07) is 5.82. The largest absolute Gasteiger partial charge is 0.399 e. The molecule has 2 heterocycles. The summed E-state index contributed by atoms with van der Waals surface area (Å²) >= 11 is 0. The molecule has 1 amide bonds. The van der Waals surface area contributed by atoms with Gasteiger partial charge in [-0.25, -0.2) is 0 Å². The van der Waals surface area contributed by atoms with Gasteiger partial charge in [0.05, 0.1) is 11.8 Å². The molecule has 0 saturated carbocycles. The Kier molecular flexibility index (Phi) is 2.33. The standard InChI is InChI=1S/C13H14N4O/c1-8-4-9-5-11(14)2-3-12(9)17(8)13(18)10-6-15-16-7-10/h2-3,5-8H,4,14H2,1H3,(H,15,16). The molecule has 1 aliphatic rings. The van der Waals surface area contributed by atoms with Crippen LogP contribution in [-0.2, 0) is 6.42 Å². The molecule has 0 bridgehead atoms. The van der Waals surface area contributed by atoms with Crippen LogP contribution in [0, 0.1) is 0 Å². The van der Waals surface area contributed by atoms with Gasteiger partial charge in [-0.3, -0.25) is 9.89 Å². The van der Waals surface area contributed by atoms with E-state index in [2.05, 4.69) is 10.2 Å². The van der Waals surface area contributed by atoms with Gasteiger partial charge in [-0.2, -0.15) is 5.10 Å². The number of nitrogens with one attached hydrogen (secondary N) is 1. The Balaban J connectivity index is 2.02. The van der Waals surface area contributed by atoms with Crippen LogP contribution in [-0.4, -0.2) is 22.1 Å². The molecule has 0 fully saturated rings. The number of aromatic amines is 1. The third-order valence-corrected chi connectivity index (χ3v) is 3.28. The number of fused-ring (bicyclic) bond motifs is 1. The maximum Gasteiger partial charge on any atom is 0.261 e. The molecule has 2 aromatic rings. The minimum atomic E-state index is -0.0280. The van der Waals surface area contributed by atoms with E-state index in [1.807, 2.05) is 25.1 Å². The molecule has 0 spiro atoms. The molecular formula is C13H14N4O. The topological polar surface area (TPSA) is 75.0 Å². The minimum absolute atomic E-state index is 0.0280. The molecule has 5 heteroatoms. The van der Waals surface area contributed by atoms with Gasteiger partial charge in [0.2, 0.25) is 0 Å². The summed E-state index contributed by atoms with van der Waals surface area (Å²) in [6.07, 6.45) is 4.00. The van der Waals surface area contributed by atoms with Gasteiger partial charge in [0.15, 0.2) is 0 Å². The quantitative estimate of drug-likeness (QED) is 0.745. The van der Waals surface area contributed by atoms with Crippen molar-refractivity contribution in [2.24, 2.45) is 0 Å². The van der Waals surface area contributed by atoms with E-state index in [0.717, 1.165) is 23.4 Å². The smallest absolute Gasteiger partial charge is 0.261 e. The number of hydrogen-bond donors (Lipinski definition) is 2. The van der Waals surface area contributed by atoms with Gasteiger partial charge in [0.25, 0.3) is 5.91 Å². The number of nitrogens with two attached hydrogens (primary N) is 1. The second-order valence-corrected chi connectivity index (χ2v) is 4.60. The number of H-pyrrole nitrogens is 1. The highest BCUT2D eigenvalue weighted by atomic mass is 16.2. The Morgan fingerprint density at radius 3 is 3.11 bits per heavy atom. The lowest BCUT2D eigenvalue weighted by molar-refractivity contribution is 0.0981. The van der Waals surface area contributed by atoms with E-state index in [1.54, 1.807) is 17.3 Å². The van der Waals surface area contributed by atoms with Gasteiger partial charge in [0, 0.05) is 23.6 Å². The zero-order valence-corrected chi connectivity index (χ0v) is 10.1. The molecule has 1 aliphatic heterocycles. The van der Waals surface area contributed by atoms with E-state index in [9.17, 15) is 4.79 Å². The number of anilines is 2. The Labute approximate surface area is 105 Å². The second-order valence-electron chi connectivity index (χ2n) is 4.60. The molecule has 3 rings (SSSR count). The fraction of sp³-hybridized carbons (Fsp3) is 0.231. The van der Waals surface area contributed by atoms with Crippen LogP contribution >= 0.6 is 0 Å². The summed E-state index contributed by atoms with van der Waals surface area (Å²) in [4.78, 5) is 14.2. The van der Waals surface area contributed by atoms with E-state index in [4.69, 9.17) is 5.73 Å². The number of amides is 1. The van der Waals surface area contributed by atoms with Gasteiger partial charge in [-0.15, -0.1) is 0 Å². The first-order valence-corrected chi connectivity index (χ1v) is 5.87. The molecule has 5 nitrogen and oxygen atoms in total. The highest BCUT2D eigenvalue weighted by Crippen LogP contribution is 2.34. The molecule has 0 saturated heterocycles. The van der Waals surface area contributed by atoms with Crippen LogP contribution in [0.2, 0.25) is 0 Å². The number of carbonyl (C=O) groups is 1. The van der Waals surface area contributed by atoms with Crippen LogP contribution in [0.25, 0.3) is 0 Å². The zero-order chi connectivity index (χ0) is 12.7. The Hall–Kier alpha value is -2.30. The van der Waals surface area contributed by atoms with Crippen LogP contribution in [0.4, 0.5) is 11.4 Å². The number of nitrogen functional groups attached to an aromatic ring is 1. The Morgan fingerprint density at radius 2 is 2.39 bits per heavy atom. The summed E-state index contributed by atoms with van der Waals surface area (Å²) in [5.74, 6) is -0.0280. The molecule has 92 valence electrons. The first-order valence-electron chi connectivity index (χ1n) is 5.87. The van der Waals surface area contributed by atoms with Crippen molar-refractivity contribution < 1.29 is 4.79 Å². The number of rotatable bonds is 1. The van der Waals surface area contributed by atoms with E-state index >= 15 is 0 Å². The van der Waals surface area contributed by atoms with Crippen molar-refractivity contribution in [2.75, 3.05) is 10.6 Å². The summed E-state index contributed by atoms with van der Waals surface area (Å²) in [6.45, 7) is 2.04. The Morgan fingerprint density at radius 1 is 1.56 bits per heavy atom. The molecule has 18 heavy (non-hydrogen) atoms. The minimum Gasteiger partial charge on any atom is -0.399 e. The maximum atomic E-state index is 12.4. The summed E-state index contributed by atoms with van der Waals surface area (Å²) in [7, 11) is 0. The number of hydrogen-bond acceptors (Lipinski definition) is 3. The third-order valence-electron chi connectivity index (χ3n) is 3.28. The highest BCUT2D eigenvalue weighted by molar-refractivity contribution is 6.07. The molecule has 0 aliphatic carbocycles. The van der Waals surface area contributed by atoms with Crippen molar-refractivity contribution in [1.29, 1.82) is 0 Å². The monoisotopic (exact) mass is 242 g/mol. The van der Waals surface area contributed by atoms with Crippen molar-refractivity contribution in [1.82, 2.24) is 10.2 Å². The number of carbonyl (C=O) groups excluding carboxylic acids is 1. The number of benzene rings is 1. The van der Waals surface area contributed by atoms with Crippen LogP contribution in [0.5, 0.6) is 0 Å². The predicted octanol–water partition coefficient (Wildman–Crippen LogP) is 1.58. The molecule has 1 aromatic heterocycles. The maximum absolute atomic E-state index is 12.4. The molecular weight excluding hydrogens is 228 g/mol. The summed E-state index contributed by atoms with van der Waals surface area (Å²) in [5.41, 5.74) is 9.16. The molecule has 3 N–H and O–H groups in total. The van der Waals surface area contributed by atoms with Gasteiger partial charge in [-0.1, -0.05) is 0 Å². The summed E-state index contributed by atoms with van der Waals surface area (Å²) in [5, 5.41) is 6.48. The van der Waals surface area contributed by atoms with Gasteiger partial charge in [0.1, 0.15) is 0 Å². The predicted molar refractivity (Wildman–Crippen MR) is 69.4 cm³/mol. The lowest BCUT2D eigenvalue weighted by Crippen LogP contribution is -2.35. The molecule has 1 unspecified atom stereocenters. The zero-order valence-electron chi connectivity index (χ0n) is 10.1. The van der Waals surface area contributed by atoms with E-state index in [1.165, 1.54) is 0 Å². The number of aromatic nitrogens is 2. The van der Waals surface area contributed by atoms with Crippen molar-refractivity contribution in [3.05, 3.63) is 41.7 Å². The first-order chi connectivity index (χ1) is 8.66. The van der Waals surface area contributed by atoms with Crippen molar-refractivity contribution in [3.63, 3.8) is 0 Å². The van der Waals surface area contributed by atoms with E-state index in [-0.39, 0.29) is 11.9 Å². The summed E-state index contributed by atoms with van der Waals surface area (Å²) < 4.78 is 0. The molecule has 1 aromatic carbocycles. The molecule has 1 atom stereocenters. The van der Waals surface area contributed by atoms with Gasteiger partial charge < -0.3 is 10.6 Å². The van der Waals surface area contributed by atoms with Crippen molar-refractivity contribution >= 4 is 17.3 Å². The average molecular weight is 242 g/mol. The fourth-order valence-electron chi connectivity index (χ4n) is 2.47. The molecule has 0 radical (unpaired) electrons. The lowest BCUT2D eigenvalue weighted by atomic mass is 10.1. The SMILES string of the molecule is CC1Cc2cc(N)ccc2N1C(=O)c1cn[nH]c1. The van der Waals surface area contributed by atoms with E-state index < -0.39 is 0 Å². The Bertz CT molecular complexity index is 591. The van der Waals surface area contributed by atoms with Crippen LogP contribution in [0.3, 0.4) is 0 Å². The van der Waals surface area contributed by atoms with Crippen LogP contribution < -0.4 is 10.6 Å². The van der Waals surface area contributed by atoms with Crippen molar-refractivity contribution in [3.8, 4) is 0 Å². The number of nitrogens with zero attached hydrogens (tertiary/aromatic N) is 2. The third kappa shape index (κ3) is 1.55. The van der Waals surface area contributed by atoms with Crippen LogP contribution in [0.15, 0.2) is 30.6 Å². The van der Waals surface area contributed by atoms with Crippen LogP contribution in [0.1, 0.15) is 22.8 Å². The average Bonchev–Trinajstić information content (AvgIpc) is 2.94. The normalized spacial score (nSPS) is 17.8. The lowest BCUT2D eigenvalue weighted by Gasteiger charge is -2.22. The fourth-order valence-corrected chi connectivity index (χ4v) is 2.47. The van der Waals surface area contributed by atoms with Crippen molar-refractivity contribution in [2.45, 2.75) is 19.4 Å². The van der Waals surface area contributed by atoms with Gasteiger partial charge in [-0.05, 0) is 37.1 Å².